The van der Waals surface area contributed by atoms with Gasteiger partial charge in [-0.25, -0.2) is 0 Å². The number of thiophene rings is 1. The zero-order valence-corrected chi connectivity index (χ0v) is 12.5. The van der Waals surface area contributed by atoms with Gasteiger partial charge >= 0.3 is 0 Å². The number of ether oxygens (including phenoxy) is 1. The highest BCUT2D eigenvalue weighted by Crippen LogP contribution is 2.35. The van der Waals surface area contributed by atoms with Gasteiger partial charge in [-0.1, -0.05) is 30.3 Å². The first-order chi connectivity index (χ1) is 9.27. The van der Waals surface area contributed by atoms with Crippen molar-refractivity contribution in [1.29, 1.82) is 0 Å². The minimum atomic E-state index is 0.0496. The molecule has 0 saturated heterocycles. The topological polar surface area (TPSA) is 21.3 Å². The molecule has 2 unspecified atom stereocenters. The first-order valence-corrected chi connectivity index (χ1v) is 7.53. The molecule has 2 atom stereocenters. The highest BCUT2D eigenvalue weighted by atomic mass is 32.1. The molecule has 0 saturated carbocycles. The van der Waals surface area contributed by atoms with Crippen molar-refractivity contribution in [2.24, 2.45) is 0 Å². The van der Waals surface area contributed by atoms with Crippen LogP contribution in [0.25, 0.3) is 0 Å². The fraction of sp³-hybridized carbons (Fsp3) is 0.375. The number of nitrogens with one attached hydrogen (secondary N) is 1. The first kappa shape index (κ1) is 14.3. The second-order valence-electron chi connectivity index (χ2n) is 4.52. The van der Waals surface area contributed by atoms with Crippen LogP contribution in [0.5, 0.6) is 0 Å². The SMILES string of the molecule is CCOC(c1ccccc1)C(NC)c1sccc1C. The molecule has 102 valence electrons. The normalized spacial score (nSPS) is 14.3. The predicted octanol–water partition coefficient (Wildman–Crippen LogP) is 4.09. The number of benzene rings is 1. The number of aryl methyl sites for hydroxylation is 1. The van der Waals surface area contributed by atoms with Crippen LogP contribution in [0, 0.1) is 6.92 Å². The molecule has 3 heteroatoms. The van der Waals surface area contributed by atoms with Crippen molar-refractivity contribution in [3.63, 3.8) is 0 Å². The molecule has 0 aliphatic heterocycles. The van der Waals surface area contributed by atoms with E-state index >= 15 is 0 Å². The number of hydrogen-bond acceptors (Lipinski definition) is 3. The summed E-state index contributed by atoms with van der Waals surface area (Å²) in [4.78, 5) is 1.35. The van der Waals surface area contributed by atoms with Crippen molar-refractivity contribution < 1.29 is 4.74 Å². The minimum absolute atomic E-state index is 0.0496. The van der Waals surface area contributed by atoms with E-state index < -0.39 is 0 Å². The monoisotopic (exact) mass is 275 g/mol. The molecule has 0 bridgehead atoms. The average molecular weight is 275 g/mol. The summed E-state index contributed by atoms with van der Waals surface area (Å²) in [7, 11) is 2.00. The Morgan fingerprint density at radius 1 is 1.21 bits per heavy atom. The van der Waals surface area contributed by atoms with Crippen LogP contribution >= 0.6 is 11.3 Å². The number of likely N-dealkylation sites (N-methyl/N-ethyl adjacent to an activating group) is 1. The Labute approximate surface area is 119 Å². The van der Waals surface area contributed by atoms with E-state index in [1.807, 2.05) is 20.0 Å². The van der Waals surface area contributed by atoms with Gasteiger partial charge in [-0.15, -0.1) is 11.3 Å². The van der Waals surface area contributed by atoms with E-state index in [1.54, 1.807) is 11.3 Å². The summed E-state index contributed by atoms with van der Waals surface area (Å²) in [6.07, 6.45) is 0.0496. The van der Waals surface area contributed by atoms with Gasteiger partial charge in [0.05, 0.1) is 6.04 Å². The highest BCUT2D eigenvalue weighted by molar-refractivity contribution is 7.10. The van der Waals surface area contributed by atoms with Crippen LogP contribution < -0.4 is 5.32 Å². The van der Waals surface area contributed by atoms with Crippen LogP contribution in [0.15, 0.2) is 41.8 Å². The second kappa shape index (κ2) is 6.85. The van der Waals surface area contributed by atoms with E-state index in [9.17, 15) is 0 Å². The molecule has 2 rings (SSSR count). The summed E-state index contributed by atoms with van der Waals surface area (Å²) in [5.41, 5.74) is 2.54. The lowest BCUT2D eigenvalue weighted by molar-refractivity contribution is 0.0355. The summed E-state index contributed by atoms with van der Waals surface area (Å²) in [5, 5.41) is 5.56. The number of hydrogen-bond donors (Lipinski definition) is 1. The minimum Gasteiger partial charge on any atom is -0.372 e. The van der Waals surface area contributed by atoms with E-state index in [4.69, 9.17) is 4.74 Å². The van der Waals surface area contributed by atoms with Gasteiger partial charge < -0.3 is 10.1 Å². The third kappa shape index (κ3) is 3.24. The Hall–Kier alpha value is -1.16. The molecule has 0 aliphatic rings. The van der Waals surface area contributed by atoms with E-state index in [0.29, 0.717) is 6.61 Å². The maximum absolute atomic E-state index is 6.00. The Balaban J connectivity index is 2.34. The van der Waals surface area contributed by atoms with E-state index in [2.05, 4.69) is 48.0 Å². The highest BCUT2D eigenvalue weighted by Gasteiger charge is 2.25. The number of rotatable bonds is 6. The molecule has 1 N–H and O–H groups in total. The predicted molar refractivity (Wildman–Crippen MR) is 81.7 cm³/mol. The molecule has 2 nitrogen and oxygen atoms in total. The van der Waals surface area contributed by atoms with Crippen molar-refractivity contribution >= 4 is 11.3 Å². The van der Waals surface area contributed by atoms with Crippen LogP contribution in [-0.2, 0) is 4.74 Å². The van der Waals surface area contributed by atoms with Crippen molar-refractivity contribution in [3.05, 3.63) is 57.8 Å². The second-order valence-corrected chi connectivity index (χ2v) is 5.47. The van der Waals surface area contributed by atoms with Gasteiger partial charge in [0.15, 0.2) is 0 Å². The van der Waals surface area contributed by atoms with Gasteiger partial charge in [-0.05, 0) is 43.5 Å². The molecule has 1 aromatic carbocycles. The maximum Gasteiger partial charge on any atom is 0.103 e. The van der Waals surface area contributed by atoms with E-state index in [1.165, 1.54) is 16.0 Å². The fourth-order valence-corrected chi connectivity index (χ4v) is 3.39. The summed E-state index contributed by atoms with van der Waals surface area (Å²) in [6.45, 7) is 4.91. The molecule has 0 fully saturated rings. The van der Waals surface area contributed by atoms with Crippen LogP contribution in [0.1, 0.15) is 35.1 Å². The molecule has 2 aromatic rings. The largest absolute Gasteiger partial charge is 0.372 e. The quantitative estimate of drug-likeness (QED) is 0.857. The average Bonchev–Trinajstić information content (AvgIpc) is 2.86. The first-order valence-electron chi connectivity index (χ1n) is 6.65. The van der Waals surface area contributed by atoms with Gasteiger partial charge in [0, 0.05) is 11.5 Å². The summed E-state index contributed by atoms with van der Waals surface area (Å²) in [5.74, 6) is 0. The van der Waals surface area contributed by atoms with Crippen LogP contribution in [0.3, 0.4) is 0 Å². The van der Waals surface area contributed by atoms with E-state index in [0.717, 1.165) is 0 Å². The van der Waals surface area contributed by atoms with E-state index in [-0.39, 0.29) is 12.1 Å². The third-order valence-electron chi connectivity index (χ3n) is 3.27. The lowest BCUT2D eigenvalue weighted by atomic mass is 9.99. The molecule has 1 heterocycles. The zero-order valence-electron chi connectivity index (χ0n) is 11.7. The molecular formula is C16H21NOS. The molecule has 0 aliphatic carbocycles. The molecule has 1 aromatic heterocycles. The van der Waals surface area contributed by atoms with Crippen LogP contribution in [-0.4, -0.2) is 13.7 Å². The molecular weight excluding hydrogens is 254 g/mol. The van der Waals surface area contributed by atoms with Gasteiger partial charge in [-0.2, -0.15) is 0 Å². The lowest BCUT2D eigenvalue weighted by Gasteiger charge is -2.27. The molecule has 0 amide bonds. The Bertz CT molecular complexity index is 494. The lowest BCUT2D eigenvalue weighted by Crippen LogP contribution is -2.25. The van der Waals surface area contributed by atoms with Gasteiger partial charge in [-0.3, -0.25) is 0 Å². The van der Waals surface area contributed by atoms with Crippen LogP contribution in [0.4, 0.5) is 0 Å². The van der Waals surface area contributed by atoms with Crippen molar-refractivity contribution in [1.82, 2.24) is 5.32 Å². The smallest absolute Gasteiger partial charge is 0.103 e. The summed E-state index contributed by atoms with van der Waals surface area (Å²) >= 11 is 1.79. The fourth-order valence-electron chi connectivity index (χ4n) is 2.33. The summed E-state index contributed by atoms with van der Waals surface area (Å²) in [6, 6.07) is 12.8. The van der Waals surface area contributed by atoms with Crippen molar-refractivity contribution in [2.75, 3.05) is 13.7 Å². The molecule has 19 heavy (non-hydrogen) atoms. The van der Waals surface area contributed by atoms with Crippen molar-refractivity contribution in [2.45, 2.75) is 26.0 Å². The zero-order chi connectivity index (χ0) is 13.7. The van der Waals surface area contributed by atoms with Gasteiger partial charge in [0.25, 0.3) is 0 Å². The third-order valence-corrected chi connectivity index (χ3v) is 4.37. The van der Waals surface area contributed by atoms with Gasteiger partial charge in [0.2, 0.25) is 0 Å². The maximum atomic E-state index is 6.00. The Morgan fingerprint density at radius 3 is 2.47 bits per heavy atom. The van der Waals surface area contributed by atoms with Crippen molar-refractivity contribution in [3.8, 4) is 0 Å². The standard InChI is InChI=1S/C16H21NOS/c1-4-18-15(13-8-6-5-7-9-13)14(17-3)16-12(2)10-11-19-16/h5-11,14-15,17H,4H2,1-3H3. The molecule has 0 radical (unpaired) electrons. The Kier molecular flexibility index (Phi) is 5.14. The summed E-state index contributed by atoms with van der Waals surface area (Å²) < 4.78 is 6.00. The van der Waals surface area contributed by atoms with Crippen LogP contribution in [0.2, 0.25) is 0 Å². The Morgan fingerprint density at radius 2 is 1.95 bits per heavy atom. The molecule has 0 spiro atoms. The van der Waals surface area contributed by atoms with Gasteiger partial charge in [0.1, 0.15) is 6.10 Å².